The van der Waals surface area contributed by atoms with Gasteiger partial charge >= 0.3 is 5.97 Å². The maximum atomic E-state index is 11.5. The summed E-state index contributed by atoms with van der Waals surface area (Å²) < 4.78 is 2.66. The van der Waals surface area contributed by atoms with Gasteiger partial charge in [0, 0.05) is 33.5 Å². The van der Waals surface area contributed by atoms with Crippen molar-refractivity contribution in [3.8, 4) is 16.8 Å². The van der Waals surface area contributed by atoms with E-state index in [9.17, 15) is 15.1 Å². The van der Waals surface area contributed by atoms with Gasteiger partial charge in [-0.1, -0.05) is 48.0 Å². The summed E-state index contributed by atoms with van der Waals surface area (Å²) in [7, 11) is 0. The lowest BCUT2D eigenvalue weighted by molar-refractivity contribution is -0.909. The molecule has 0 saturated carbocycles. The highest BCUT2D eigenvalue weighted by Gasteiger charge is 2.32. The highest BCUT2D eigenvalue weighted by molar-refractivity contribution is 6.31. The predicted octanol–water partition coefficient (Wildman–Crippen LogP) is 4.86. The van der Waals surface area contributed by atoms with Crippen molar-refractivity contribution in [2.75, 3.05) is 0 Å². The molecule has 1 aliphatic heterocycles. The fraction of sp³-hybridized carbons (Fsp3) is 0.103. The molecule has 0 spiro atoms. The molecule has 2 aromatic heterocycles. The van der Waals surface area contributed by atoms with Crippen LogP contribution in [0.2, 0.25) is 5.02 Å². The number of hydrogen-bond acceptors (Lipinski definition) is 6. The second-order valence-electron chi connectivity index (χ2n) is 9.27. The molecule has 192 valence electrons. The average molecular weight is 538 g/mol. The molecule has 0 bridgehead atoms. The van der Waals surface area contributed by atoms with Gasteiger partial charge in [0.05, 0.1) is 28.4 Å². The number of aromatic carboxylic acids is 1. The number of carbonyl (C=O) groups is 1. The number of halogens is 1. The van der Waals surface area contributed by atoms with Crippen molar-refractivity contribution in [2.45, 2.75) is 18.8 Å². The number of tetrazole rings is 1. The Morgan fingerprint density at radius 1 is 1.05 bits per heavy atom. The lowest BCUT2D eigenvalue weighted by Gasteiger charge is -2.15. The summed E-state index contributed by atoms with van der Waals surface area (Å²) in [6.07, 6.45) is 4.30. The van der Waals surface area contributed by atoms with Crippen LogP contribution in [0.1, 0.15) is 33.1 Å². The number of benzene rings is 3. The molecule has 1 atom stereocenters. The summed E-state index contributed by atoms with van der Waals surface area (Å²) in [6, 6.07) is 24.2. The number of aromatic nitrogens is 5. The first-order valence-corrected chi connectivity index (χ1v) is 12.6. The van der Waals surface area contributed by atoms with Crippen molar-refractivity contribution in [3.63, 3.8) is 0 Å². The Hall–Kier alpha value is -4.89. The number of pyridine rings is 1. The fourth-order valence-corrected chi connectivity index (χ4v) is 5.10. The van der Waals surface area contributed by atoms with E-state index >= 15 is 0 Å². The Kier molecular flexibility index (Phi) is 6.34. The number of hydrogen-bond donors (Lipinski definition) is 2. The molecular weight excluding hydrogens is 516 g/mol. The number of carboxylic acids is 1. The lowest BCUT2D eigenvalue weighted by atomic mass is 9.88. The zero-order chi connectivity index (χ0) is 26.9. The lowest BCUT2D eigenvalue weighted by Crippen LogP contribution is -2.39. The molecule has 10 heteroatoms. The highest BCUT2D eigenvalue weighted by Crippen LogP contribution is 2.35. The number of carboxylic acid groups (broad SMARTS) is 1. The topological polar surface area (TPSA) is 117 Å². The summed E-state index contributed by atoms with van der Waals surface area (Å²) in [6.45, 7) is 0. The van der Waals surface area contributed by atoms with Crippen LogP contribution < -0.4 is 4.73 Å². The van der Waals surface area contributed by atoms with Crippen LogP contribution in [0.5, 0.6) is 0 Å². The third-order valence-electron chi connectivity index (χ3n) is 6.83. The Bertz CT molecular complexity index is 1720. The van der Waals surface area contributed by atoms with Crippen LogP contribution >= 0.6 is 11.6 Å². The van der Waals surface area contributed by atoms with Crippen LogP contribution in [0.15, 0.2) is 96.4 Å². The van der Waals surface area contributed by atoms with Crippen molar-refractivity contribution in [3.05, 3.63) is 119 Å². The molecule has 3 aromatic carbocycles. The third-order valence-corrected chi connectivity index (χ3v) is 7.07. The van der Waals surface area contributed by atoms with E-state index in [-0.39, 0.29) is 11.5 Å². The summed E-state index contributed by atoms with van der Waals surface area (Å²) in [5.74, 6) is -1.25. The number of rotatable bonds is 7. The molecule has 5 aromatic rings. The van der Waals surface area contributed by atoms with E-state index in [0.29, 0.717) is 34.9 Å². The molecule has 2 N–H and O–H groups in total. The average Bonchev–Trinajstić information content (AvgIpc) is 3.62. The first-order valence-electron chi connectivity index (χ1n) is 12.2. The molecule has 6 rings (SSSR count). The Morgan fingerprint density at radius 2 is 1.90 bits per heavy atom. The second kappa shape index (κ2) is 10.1. The Balaban J connectivity index is 1.41. The van der Waals surface area contributed by atoms with Crippen molar-refractivity contribution in [1.29, 1.82) is 0 Å². The Morgan fingerprint density at radius 3 is 2.64 bits per heavy atom. The second-order valence-corrected chi connectivity index (χ2v) is 9.71. The zero-order valence-corrected chi connectivity index (χ0v) is 21.3. The smallest absolute Gasteiger partial charge is 0.335 e. The monoisotopic (exact) mass is 537 g/mol. The largest absolute Gasteiger partial charge is 0.478 e. The molecule has 39 heavy (non-hydrogen) atoms. The summed E-state index contributed by atoms with van der Waals surface area (Å²) in [4.78, 5) is 16.3. The van der Waals surface area contributed by atoms with Crippen LogP contribution in [0.4, 0.5) is 5.69 Å². The predicted molar refractivity (Wildman–Crippen MR) is 144 cm³/mol. The van der Waals surface area contributed by atoms with Crippen molar-refractivity contribution < 1.29 is 19.8 Å². The summed E-state index contributed by atoms with van der Waals surface area (Å²) >= 11 is 6.32. The molecule has 0 unspecified atom stereocenters. The number of fused-ring (bicyclic) bond motifs is 1. The third kappa shape index (κ3) is 4.87. The maximum Gasteiger partial charge on any atom is 0.335 e. The normalized spacial score (nSPS) is 13.1. The van der Waals surface area contributed by atoms with E-state index in [4.69, 9.17) is 16.6 Å². The van der Waals surface area contributed by atoms with E-state index in [2.05, 4.69) is 15.5 Å². The van der Waals surface area contributed by atoms with E-state index < -0.39 is 5.97 Å². The van der Waals surface area contributed by atoms with Crippen LogP contribution in [-0.4, -0.2) is 42.2 Å². The van der Waals surface area contributed by atoms with Gasteiger partial charge in [0.1, 0.15) is 6.33 Å². The van der Waals surface area contributed by atoms with E-state index in [0.717, 1.165) is 32.7 Å². The van der Waals surface area contributed by atoms with Gasteiger partial charge in [0.25, 0.3) is 0 Å². The van der Waals surface area contributed by atoms with E-state index in [1.54, 1.807) is 30.5 Å². The van der Waals surface area contributed by atoms with Gasteiger partial charge in [-0.2, -0.15) is 4.68 Å². The zero-order valence-electron chi connectivity index (χ0n) is 20.5. The first kappa shape index (κ1) is 24.4. The molecule has 9 nitrogen and oxygen atoms in total. The van der Waals surface area contributed by atoms with Gasteiger partial charge in [-0.25, -0.2) is 4.79 Å². The van der Waals surface area contributed by atoms with Gasteiger partial charge in [0.2, 0.25) is 11.9 Å². The summed E-state index contributed by atoms with van der Waals surface area (Å²) in [5, 5.41) is 32.7. The summed E-state index contributed by atoms with van der Waals surface area (Å²) in [5.41, 5.74) is 6.57. The maximum absolute atomic E-state index is 11.5. The molecule has 0 saturated heterocycles. The molecule has 0 amide bonds. The van der Waals surface area contributed by atoms with Gasteiger partial charge < -0.3 is 5.11 Å². The van der Waals surface area contributed by atoms with Crippen molar-refractivity contribution in [2.24, 2.45) is 4.99 Å². The Labute approximate surface area is 228 Å². The molecule has 0 radical (unpaired) electrons. The van der Waals surface area contributed by atoms with Gasteiger partial charge in [0.15, 0.2) is 0 Å². The van der Waals surface area contributed by atoms with Crippen molar-refractivity contribution >= 4 is 29.0 Å². The van der Waals surface area contributed by atoms with Gasteiger partial charge in [-0.3, -0.25) is 10.2 Å². The number of aliphatic imine (C=N–C) groups is 1. The SMILES string of the molecule is O=C(O)c1ccc2c(c1)N=C([C@H](Cc1ccccc1)c1ccc(-c3cc(Cl)ccc3-n3cnnn3)c[n+]1O)C2. The quantitative estimate of drug-likeness (QED) is 0.226. The molecular formula is C29H22ClN6O3+. The van der Waals surface area contributed by atoms with Crippen molar-refractivity contribution in [1.82, 2.24) is 20.2 Å². The number of nitrogens with zero attached hydrogens (tertiary/aromatic N) is 6. The molecule has 0 fully saturated rings. The minimum Gasteiger partial charge on any atom is -0.478 e. The van der Waals surface area contributed by atoms with Crippen LogP contribution in [0, 0.1) is 0 Å². The van der Waals surface area contributed by atoms with Crippen LogP contribution in [0.25, 0.3) is 16.8 Å². The minimum atomic E-state index is -0.992. The standard InChI is InChI=1S/C29H21ClN6O3/c30-22-9-11-27(35-17-31-33-34-35)23(15-22)21-8-10-28(36(39)16-21)24(12-18-4-2-1-3-5-18)26-13-19-6-7-20(29(37)38)14-25(19)32-26/h1-11,14-17,24H,12-13H2,(H-,37,38,39)/p+1/t24-/m0/s1. The highest BCUT2D eigenvalue weighted by atomic mass is 35.5. The van der Waals surface area contributed by atoms with E-state index in [1.807, 2.05) is 54.6 Å². The van der Waals surface area contributed by atoms with Crippen LogP contribution in [-0.2, 0) is 12.8 Å². The molecule has 0 aliphatic carbocycles. The van der Waals surface area contributed by atoms with E-state index in [1.165, 1.54) is 11.0 Å². The molecule has 3 heterocycles. The van der Waals surface area contributed by atoms with Gasteiger partial charge in [-0.05, 0) is 64.4 Å². The minimum absolute atomic E-state index is 0.194. The fourth-order valence-electron chi connectivity index (χ4n) is 4.93. The van der Waals surface area contributed by atoms with Gasteiger partial charge in [-0.15, -0.1) is 5.10 Å². The molecule has 1 aliphatic rings. The first-order chi connectivity index (χ1) is 19.0. The van der Waals surface area contributed by atoms with Crippen LogP contribution in [0.3, 0.4) is 0 Å².